The third-order valence-electron chi connectivity index (χ3n) is 3.02. The molecule has 2 rings (SSSR count). The Balaban J connectivity index is 1.84. The van der Waals surface area contributed by atoms with Gasteiger partial charge < -0.3 is 4.74 Å². The highest BCUT2D eigenvalue weighted by Crippen LogP contribution is 2.12. The smallest absolute Gasteiger partial charge is 0.344 e. The Bertz CT molecular complexity index is 525. The van der Waals surface area contributed by atoms with Crippen molar-refractivity contribution in [1.29, 1.82) is 0 Å². The average molecular weight is 289 g/mol. The molecule has 0 bridgehead atoms. The van der Waals surface area contributed by atoms with Crippen LogP contribution in [-0.4, -0.2) is 36.3 Å². The van der Waals surface area contributed by atoms with Crippen LogP contribution in [0.25, 0.3) is 0 Å². The highest BCUT2D eigenvalue weighted by molar-refractivity contribution is 6.02. The number of rotatable bonds is 7. The zero-order valence-electron chi connectivity index (χ0n) is 12.0. The molecule has 1 fully saturated rings. The zero-order chi connectivity index (χ0) is 15.1. The molecule has 1 saturated heterocycles. The zero-order valence-corrected chi connectivity index (χ0v) is 12.0. The number of hydrogen-bond donors (Lipinski definition) is 1. The number of ether oxygens (including phenoxy) is 1. The fourth-order valence-electron chi connectivity index (χ4n) is 1.85. The molecule has 6 heteroatoms. The van der Waals surface area contributed by atoms with Gasteiger partial charge in [0.2, 0.25) is 5.91 Å². The number of nitrogens with one attached hydrogen (secondary N) is 1. The van der Waals surface area contributed by atoms with Gasteiger partial charge in [-0.2, -0.15) is 5.10 Å². The van der Waals surface area contributed by atoms with Crippen LogP contribution in [0.3, 0.4) is 0 Å². The number of amides is 3. The summed E-state index contributed by atoms with van der Waals surface area (Å²) in [6, 6.07) is 6.95. The monoisotopic (exact) mass is 289 g/mol. The fraction of sp³-hybridized carbons (Fsp3) is 0.400. The Morgan fingerprint density at radius 3 is 2.67 bits per heavy atom. The molecule has 1 heterocycles. The minimum atomic E-state index is -0.493. The van der Waals surface area contributed by atoms with Crippen molar-refractivity contribution in [2.45, 2.75) is 26.2 Å². The van der Waals surface area contributed by atoms with Crippen LogP contribution in [0, 0.1) is 0 Å². The molecule has 0 aromatic heterocycles. The summed E-state index contributed by atoms with van der Waals surface area (Å²) in [5, 5.41) is 7.23. The number of carbonyl (C=O) groups excluding carboxylic acids is 2. The SMILES string of the molecule is CCCCCOc1ccc(C=NN2CC(=O)NC2=O)cc1. The number of carbonyl (C=O) groups is 2. The lowest BCUT2D eigenvalue weighted by Gasteiger charge is -2.06. The highest BCUT2D eigenvalue weighted by Gasteiger charge is 2.25. The quantitative estimate of drug-likeness (QED) is 0.475. The molecule has 1 aliphatic heterocycles. The van der Waals surface area contributed by atoms with Gasteiger partial charge in [0.1, 0.15) is 12.3 Å². The van der Waals surface area contributed by atoms with E-state index >= 15 is 0 Å². The summed E-state index contributed by atoms with van der Waals surface area (Å²) in [5.41, 5.74) is 0.836. The number of nitrogens with zero attached hydrogens (tertiary/aromatic N) is 2. The lowest BCUT2D eigenvalue weighted by Crippen LogP contribution is -2.24. The summed E-state index contributed by atoms with van der Waals surface area (Å²) < 4.78 is 5.61. The minimum Gasteiger partial charge on any atom is -0.494 e. The summed E-state index contributed by atoms with van der Waals surface area (Å²) in [5.74, 6) is 0.477. The molecule has 0 atom stereocenters. The predicted molar refractivity (Wildman–Crippen MR) is 79.3 cm³/mol. The van der Waals surface area contributed by atoms with Gasteiger partial charge in [-0.3, -0.25) is 10.1 Å². The second-order valence-corrected chi connectivity index (χ2v) is 4.78. The molecule has 1 aliphatic rings. The van der Waals surface area contributed by atoms with Crippen molar-refractivity contribution in [3.63, 3.8) is 0 Å². The van der Waals surface area contributed by atoms with E-state index in [9.17, 15) is 9.59 Å². The number of unbranched alkanes of at least 4 members (excludes halogenated alkanes) is 2. The van der Waals surface area contributed by atoms with Gasteiger partial charge in [0.05, 0.1) is 12.8 Å². The Morgan fingerprint density at radius 1 is 1.29 bits per heavy atom. The summed E-state index contributed by atoms with van der Waals surface area (Å²) in [7, 11) is 0. The molecule has 0 radical (unpaired) electrons. The van der Waals surface area contributed by atoms with E-state index in [4.69, 9.17) is 4.74 Å². The molecule has 1 N–H and O–H groups in total. The van der Waals surface area contributed by atoms with Crippen LogP contribution < -0.4 is 10.1 Å². The standard InChI is InChI=1S/C15H19N3O3/c1-2-3-4-9-21-13-7-5-12(6-8-13)10-16-18-11-14(19)17-15(18)20/h5-8,10H,2-4,9,11H2,1H3,(H,17,19,20). The molecule has 3 amide bonds. The van der Waals surface area contributed by atoms with Gasteiger partial charge in [-0.1, -0.05) is 19.8 Å². The molecule has 112 valence electrons. The van der Waals surface area contributed by atoms with Crippen LogP contribution in [0.5, 0.6) is 5.75 Å². The third-order valence-corrected chi connectivity index (χ3v) is 3.02. The first-order chi connectivity index (χ1) is 10.2. The Kier molecular flexibility index (Phi) is 5.31. The van der Waals surface area contributed by atoms with E-state index in [1.54, 1.807) is 6.21 Å². The Morgan fingerprint density at radius 2 is 2.05 bits per heavy atom. The van der Waals surface area contributed by atoms with Crippen LogP contribution in [0.15, 0.2) is 29.4 Å². The van der Waals surface area contributed by atoms with Gasteiger partial charge >= 0.3 is 6.03 Å². The minimum absolute atomic E-state index is 0.0338. The number of hydrogen-bond acceptors (Lipinski definition) is 4. The van der Waals surface area contributed by atoms with Crippen molar-refractivity contribution < 1.29 is 14.3 Å². The first-order valence-corrected chi connectivity index (χ1v) is 7.07. The van der Waals surface area contributed by atoms with Gasteiger partial charge in [-0.05, 0) is 36.2 Å². The lowest BCUT2D eigenvalue weighted by molar-refractivity contribution is -0.118. The maximum atomic E-state index is 11.3. The van der Waals surface area contributed by atoms with Crippen LogP contribution in [0.1, 0.15) is 31.7 Å². The molecule has 0 spiro atoms. The number of benzene rings is 1. The van der Waals surface area contributed by atoms with Crippen molar-refractivity contribution in [2.75, 3.05) is 13.2 Å². The van der Waals surface area contributed by atoms with Crippen LogP contribution in [0.4, 0.5) is 4.79 Å². The van der Waals surface area contributed by atoms with Crippen molar-refractivity contribution in [3.8, 4) is 5.75 Å². The maximum Gasteiger partial charge on any atom is 0.344 e. The maximum absolute atomic E-state index is 11.3. The van der Waals surface area contributed by atoms with E-state index in [1.165, 1.54) is 12.8 Å². The molecule has 1 aromatic carbocycles. The highest BCUT2D eigenvalue weighted by atomic mass is 16.5. The van der Waals surface area contributed by atoms with Gasteiger partial charge in [-0.15, -0.1) is 0 Å². The van der Waals surface area contributed by atoms with Gasteiger partial charge in [0.15, 0.2) is 0 Å². The first-order valence-electron chi connectivity index (χ1n) is 7.07. The number of urea groups is 1. The van der Waals surface area contributed by atoms with E-state index in [-0.39, 0.29) is 12.5 Å². The van der Waals surface area contributed by atoms with Crippen molar-refractivity contribution in [3.05, 3.63) is 29.8 Å². The molecular weight excluding hydrogens is 270 g/mol. The van der Waals surface area contributed by atoms with E-state index in [1.807, 2.05) is 24.3 Å². The summed E-state index contributed by atoms with van der Waals surface area (Å²) >= 11 is 0. The number of hydrazone groups is 1. The second-order valence-electron chi connectivity index (χ2n) is 4.78. The molecule has 1 aromatic rings. The molecule has 0 saturated carbocycles. The van der Waals surface area contributed by atoms with E-state index in [0.717, 1.165) is 29.3 Å². The Labute approximate surface area is 123 Å². The Hall–Kier alpha value is -2.37. The normalized spacial score (nSPS) is 14.8. The van der Waals surface area contributed by atoms with Crippen molar-refractivity contribution in [1.82, 2.24) is 10.3 Å². The molecular formula is C15H19N3O3. The predicted octanol–water partition coefficient (Wildman–Crippen LogP) is 2.14. The molecule has 0 aliphatic carbocycles. The summed E-state index contributed by atoms with van der Waals surface area (Å²) in [6.45, 7) is 2.84. The van der Waals surface area contributed by atoms with E-state index in [0.29, 0.717) is 0 Å². The van der Waals surface area contributed by atoms with Crippen LogP contribution >= 0.6 is 0 Å². The van der Waals surface area contributed by atoms with E-state index < -0.39 is 6.03 Å². The third kappa shape index (κ3) is 4.59. The van der Waals surface area contributed by atoms with E-state index in [2.05, 4.69) is 17.3 Å². The summed E-state index contributed by atoms with van der Waals surface area (Å²) in [6.07, 6.45) is 4.93. The fourth-order valence-corrected chi connectivity index (χ4v) is 1.85. The van der Waals surface area contributed by atoms with Crippen LogP contribution in [-0.2, 0) is 4.79 Å². The van der Waals surface area contributed by atoms with Crippen molar-refractivity contribution >= 4 is 18.2 Å². The molecule has 0 unspecified atom stereocenters. The lowest BCUT2D eigenvalue weighted by atomic mass is 10.2. The van der Waals surface area contributed by atoms with Gasteiger partial charge in [-0.25, -0.2) is 9.80 Å². The van der Waals surface area contributed by atoms with Gasteiger partial charge in [0.25, 0.3) is 0 Å². The first kappa shape index (κ1) is 15.0. The average Bonchev–Trinajstić information content (AvgIpc) is 2.81. The number of imide groups is 1. The van der Waals surface area contributed by atoms with Crippen LogP contribution in [0.2, 0.25) is 0 Å². The largest absolute Gasteiger partial charge is 0.494 e. The molecule has 6 nitrogen and oxygen atoms in total. The van der Waals surface area contributed by atoms with Gasteiger partial charge in [0, 0.05) is 0 Å². The van der Waals surface area contributed by atoms with Crippen molar-refractivity contribution in [2.24, 2.45) is 5.10 Å². The molecule has 21 heavy (non-hydrogen) atoms. The summed E-state index contributed by atoms with van der Waals surface area (Å²) in [4.78, 5) is 22.3. The topological polar surface area (TPSA) is 71.0 Å². The second kappa shape index (κ2) is 7.42.